The van der Waals surface area contributed by atoms with Gasteiger partial charge < -0.3 is 25.1 Å². The molecule has 2 amide bonds. The number of methoxy groups -OCH3 is 2. The highest BCUT2D eigenvalue weighted by atomic mass is 16.5. The fraction of sp³-hybridized carbons (Fsp3) is 0.200. The van der Waals surface area contributed by atoms with Gasteiger partial charge in [0.1, 0.15) is 18.1 Å². The number of carbonyl (C=O) groups excluding carboxylic acids is 2. The summed E-state index contributed by atoms with van der Waals surface area (Å²) in [5, 5.41) is 6.54. The Bertz CT molecular complexity index is 965. The van der Waals surface area contributed by atoms with Crippen LogP contribution in [0.3, 0.4) is 0 Å². The van der Waals surface area contributed by atoms with E-state index in [1.807, 2.05) is 36.4 Å². The standard InChI is InChI=1S/C20H21N3O4/c1-26-12-19(24)22-15-5-3-4-13(8-15)11-21-20(25)18-9-14-6-7-16(27-2)10-17(14)23-18/h3-10,23H,11-12H2,1-2H3,(H,21,25)(H,22,24). The Kier molecular flexibility index (Phi) is 5.73. The molecule has 0 spiro atoms. The van der Waals surface area contributed by atoms with E-state index in [0.717, 1.165) is 22.2 Å². The minimum atomic E-state index is -0.229. The first kappa shape index (κ1) is 18.5. The second-order valence-electron chi connectivity index (χ2n) is 6.00. The quantitative estimate of drug-likeness (QED) is 0.599. The second-order valence-corrected chi connectivity index (χ2v) is 6.00. The maximum Gasteiger partial charge on any atom is 0.267 e. The van der Waals surface area contributed by atoms with E-state index < -0.39 is 0 Å². The summed E-state index contributed by atoms with van der Waals surface area (Å²) >= 11 is 0. The highest BCUT2D eigenvalue weighted by Crippen LogP contribution is 2.21. The summed E-state index contributed by atoms with van der Waals surface area (Å²) in [5.41, 5.74) is 2.84. The largest absolute Gasteiger partial charge is 0.497 e. The number of hydrogen-bond acceptors (Lipinski definition) is 4. The number of aromatic amines is 1. The predicted octanol–water partition coefficient (Wildman–Crippen LogP) is 2.69. The number of ether oxygens (including phenoxy) is 2. The van der Waals surface area contributed by atoms with E-state index in [0.29, 0.717) is 17.9 Å². The van der Waals surface area contributed by atoms with E-state index in [2.05, 4.69) is 15.6 Å². The van der Waals surface area contributed by atoms with Crippen LogP contribution in [0, 0.1) is 0 Å². The number of aromatic nitrogens is 1. The van der Waals surface area contributed by atoms with E-state index in [9.17, 15) is 9.59 Å². The van der Waals surface area contributed by atoms with Crippen molar-refractivity contribution in [1.29, 1.82) is 0 Å². The number of rotatable bonds is 7. The van der Waals surface area contributed by atoms with Crippen LogP contribution in [0.15, 0.2) is 48.5 Å². The van der Waals surface area contributed by atoms with Crippen molar-refractivity contribution in [3.05, 3.63) is 59.8 Å². The number of anilines is 1. The van der Waals surface area contributed by atoms with Gasteiger partial charge >= 0.3 is 0 Å². The van der Waals surface area contributed by atoms with Crippen molar-refractivity contribution < 1.29 is 19.1 Å². The third kappa shape index (κ3) is 4.65. The van der Waals surface area contributed by atoms with Gasteiger partial charge in [-0.05, 0) is 35.9 Å². The summed E-state index contributed by atoms with van der Waals surface area (Å²) < 4.78 is 9.99. The van der Waals surface area contributed by atoms with Crippen molar-refractivity contribution in [1.82, 2.24) is 10.3 Å². The number of hydrogen-bond donors (Lipinski definition) is 3. The van der Waals surface area contributed by atoms with E-state index in [-0.39, 0.29) is 18.4 Å². The first-order chi connectivity index (χ1) is 13.1. The lowest BCUT2D eigenvalue weighted by molar-refractivity contribution is -0.119. The molecule has 140 valence electrons. The van der Waals surface area contributed by atoms with Gasteiger partial charge in [0.05, 0.1) is 7.11 Å². The molecule has 0 unspecified atom stereocenters. The second kappa shape index (κ2) is 8.37. The predicted molar refractivity (Wildman–Crippen MR) is 103 cm³/mol. The maximum absolute atomic E-state index is 12.4. The lowest BCUT2D eigenvalue weighted by Crippen LogP contribution is -2.23. The Balaban J connectivity index is 1.64. The third-order valence-electron chi connectivity index (χ3n) is 4.01. The molecule has 3 rings (SSSR count). The van der Waals surface area contributed by atoms with Crippen LogP contribution < -0.4 is 15.4 Å². The lowest BCUT2D eigenvalue weighted by atomic mass is 10.2. The molecule has 1 heterocycles. The molecule has 0 aliphatic heterocycles. The van der Waals surface area contributed by atoms with Gasteiger partial charge in [0.2, 0.25) is 5.91 Å². The first-order valence-corrected chi connectivity index (χ1v) is 8.41. The van der Waals surface area contributed by atoms with Crippen LogP contribution in [-0.4, -0.2) is 37.6 Å². The van der Waals surface area contributed by atoms with Crippen LogP contribution >= 0.6 is 0 Å². The minimum absolute atomic E-state index is 0.00781. The van der Waals surface area contributed by atoms with E-state index in [1.54, 1.807) is 19.2 Å². The molecule has 0 atom stereocenters. The van der Waals surface area contributed by atoms with Crippen LogP contribution in [0.1, 0.15) is 16.1 Å². The van der Waals surface area contributed by atoms with Crippen molar-refractivity contribution >= 4 is 28.4 Å². The summed E-state index contributed by atoms with van der Waals surface area (Å²) in [6.45, 7) is 0.331. The topological polar surface area (TPSA) is 92.5 Å². The average molecular weight is 367 g/mol. The molecular formula is C20H21N3O4. The summed E-state index contributed by atoms with van der Waals surface area (Å²) in [4.78, 5) is 27.1. The molecule has 0 aliphatic rings. The Hall–Kier alpha value is -3.32. The SMILES string of the molecule is COCC(=O)Nc1cccc(CNC(=O)c2cc3ccc(OC)cc3[nH]2)c1. The molecule has 3 aromatic rings. The molecular weight excluding hydrogens is 346 g/mol. The van der Waals surface area contributed by atoms with Gasteiger partial charge in [-0.2, -0.15) is 0 Å². The number of amides is 2. The van der Waals surface area contributed by atoms with Gasteiger partial charge in [0.25, 0.3) is 5.91 Å². The summed E-state index contributed by atoms with van der Waals surface area (Å²) in [7, 11) is 3.06. The average Bonchev–Trinajstić information content (AvgIpc) is 3.10. The van der Waals surface area contributed by atoms with Crippen molar-refractivity contribution in [3.63, 3.8) is 0 Å². The molecule has 0 saturated carbocycles. The van der Waals surface area contributed by atoms with Gasteiger partial charge in [-0.3, -0.25) is 9.59 Å². The van der Waals surface area contributed by atoms with Gasteiger partial charge in [-0.25, -0.2) is 0 Å². The fourth-order valence-corrected chi connectivity index (χ4v) is 2.72. The van der Waals surface area contributed by atoms with Crippen molar-refractivity contribution in [2.45, 2.75) is 6.54 Å². The summed E-state index contributed by atoms with van der Waals surface area (Å²) in [5.74, 6) is 0.287. The van der Waals surface area contributed by atoms with Gasteiger partial charge in [0, 0.05) is 36.3 Å². The van der Waals surface area contributed by atoms with Gasteiger partial charge in [0.15, 0.2) is 0 Å². The van der Waals surface area contributed by atoms with Crippen LogP contribution in [0.5, 0.6) is 5.75 Å². The molecule has 1 aromatic heterocycles. The lowest BCUT2D eigenvalue weighted by Gasteiger charge is -2.08. The molecule has 0 bridgehead atoms. The van der Waals surface area contributed by atoms with Crippen molar-refractivity contribution in [3.8, 4) is 5.75 Å². The van der Waals surface area contributed by atoms with E-state index >= 15 is 0 Å². The Labute approximate surface area is 156 Å². The molecule has 7 heteroatoms. The number of H-pyrrole nitrogens is 1. The summed E-state index contributed by atoms with van der Waals surface area (Å²) in [6, 6.07) is 14.7. The van der Waals surface area contributed by atoms with Gasteiger partial charge in [-0.1, -0.05) is 12.1 Å². The van der Waals surface area contributed by atoms with Crippen molar-refractivity contribution in [2.24, 2.45) is 0 Å². The molecule has 0 radical (unpaired) electrons. The zero-order valence-electron chi connectivity index (χ0n) is 15.2. The van der Waals surface area contributed by atoms with Gasteiger partial charge in [-0.15, -0.1) is 0 Å². The molecule has 0 aliphatic carbocycles. The van der Waals surface area contributed by atoms with E-state index in [1.165, 1.54) is 7.11 Å². The highest BCUT2D eigenvalue weighted by Gasteiger charge is 2.10. The van der Waals surface area contributed by atoms with Crippen molar-refractivity contribution in [2.75, 3.05) is 26.1 Å². The normalized spacial score (nSPS) is 10.6. The number of benzene rings is 2. The molecule has 3 N–H and O–H groups in total. The van der Waals surface area contributed by atoms with Crippen LogP contribution in [0.4, 0.5) is 5.69 Å². The number of carbonyl (C=O) groups is 2. The van der Waals surface area contributed by atoms with Crippen LogP contribution in [-0.2, 0) is 16.1 Å². The molecule has 7 nitrogen and oxygen atoms in total. The Morgan fingerprint density at radius 1 is 1.07 bits per heavy atom. The monoisotopic (exact) mass is 367 g/mol. The first-order valence-electron chi connectivity index (χ1n) is 8.41. The maximum atomic E-state index is 12.4. The highest BCUT2D eigenvalue weighted by molar-refractivity contribution is 5.98. The Morgan fingerprint density at radius 3 is 2.70 bits per heavy atom. The minimum Gasteiger partial charge on any atom is -0.497 e. The third-order valence-corrected chi connectivity index (χ3v) is 4.01. The molecule has 0 fully saturated rings. The number of nitrogens with one attached hydrogen (secondary N) is 3. The van der Waals surface area contributed by atoms with Crippen LogP contribution in [0.2, 0.25) is 0 Å². The number of fused-ring (bicyclic) bond motifs is 1. The smallest absolute Gasteiger partial charge is 0.267 e. The zero-order valence-corrected chi connectivity index (χ0v) is 15.2. The molecule has 2 aromatic carbocycles. The summed E-state index contributed by atoms with van der Waals surface area (Å²) in [6.07, 6.45) is 0. The van der Waals surface area contributed by atoms with Crippen LogP contribution in [0.25, 0.3) is 10.9 Å². The van der Waals surface area contributed by atoms with E-state index in [4.69, 9.17) is 9.47 Å². The Morgan fingerprint density at radius 2 is 1.93 bits per heavy atom. The fourth-order valence-electron chi connectivity index (χ4n) is 2.72. The molecule has 0 saturated heterocycles. The molecule has 27 heavy (non-hydrogen) atoms. The zero-order chi connectivity index (χ0) is 19.2.